The summed E-state index contributed by atoms with van der Waals surface area (Å²) in [5.74, 6) is -0.387. The number of phenolic OH excluding ortho intramolecular Hbond substituents is 1. The van der Waals surface area contributed by atoms with Gasteiger partial charge >= 0.3 is 0 Å². The van der Waals surface area contributed by atoms with E-state index in [-0.39, 0.29) is 34.7 Å². The highest BCUT2D eigenvalue weighted by molar-refractivity contribution is 7.91. The van der Waals surface area contributed by atoms with E-state index >= 15 is 0 Å². The molecule has 1 aromatic carbocycles. The first-order chi connectivity index (χ1) is 9.78. The van der Waals surface area contributed by atoms with Gasteiger partial charge in [-0.05, 0) is 18.3 Å². The monoisotopic (exact) mass is 329 g/mol. The Kier molecular flexibility index (Phi) is 3.02. The standard InChI is InChI=1S/C11H11N3O5S2/c15-10-3-6(14(16)17)1-2-8(10)13-9-5-21(18,19)4-7(9)12-11(13)20/h1-3,7,9,15H,4-5H2,(H,12,20)/t7-,9+/m0/s1. The average molecular weight is 329 g/mol. The van der Waals surface area contributed by atoms with Crippen molar-refractivity contribution in [3.8, 4) is 5.75 Å². The number of hydrogen-bond acceptors (Lipinski definition) is 6. The number of nitrogens with zero attached hydrogens (tertiary/aromatic N) is 2. The van der Waals surface area contributed by atoms with Crippen LogP contribution in [0.25, 0.3) is 0 Å². The van der Waals surface area contributed by atoms with Crippen LogP contribution in [-0.4, -0.2) is 47.1 Å². The van der Waals surface area contributed by atoms with Crippen LogP contribution in [0, 0.1) is 10.1 Å². The first kappa shape index (κ1) is 14.0. The number of benzene rings is 1. The van der Waals surface area contributed by atoms with E-state index in [1.54, 1.807) is 0 Å². The first-order valence-corrected chi connectivity index (χ1v) is 8.29. The summed E-state index contributed by atoms with van der Waals surface area (Å²) in [4.78, 5) is 11.6. The lowest BCUT2D eigenvalue weighted by Crippen LogP contribution is -2.36. The summed E-state index contributed by atoms with van der Waals surface area (Å²) < 4.78 is 23.4. The smallest absolute Gasteiger partial charge is 0.273 e. The van der Waals surface area contributed by atoms with Crippen molar-refractivity contribution in [2.75, 3.05) is 16.4 Å². The molecule has 2 atom stereocenters. The van der Waals surface area contributed by atoms with Crippen molar-refractivity contribution in [1.82, 2.24) is 5.32 Å². The SMILES string of the molecule is O=[N+]([O-])c1ccc(N2C(=S)N[C@H]3CS(=O)(=O)C[C@H]32)c(O)c1. The van der Waals surface area contributed by atoms with Gasteiger partial charge in [0.25, 0.3) is 5.69 Å². The summed E-state index contributed by atoms with van der Waals surface area (Å²) in [5.41, 5.74) is 0.0209. The van der Waals surface area contributed by atoms with Gasteiger partial charge in [0.05, 0.1) is 40.3 Å². The van der Waals surface area contributed by atoms with Crippen molar-refractivity contribution < 1.29 is 18.4 Å². The molecule has 0 unspecified atom stereocenters. The van der Waals surface area contributed by atoms with Gasteiger partial charge in [-0.25, -0.2) is 8.42 Å². The Morgan fingerprint density at radius 1 is 1.43 bits per heavy atom. The molecule has 0 saturated carbocycles. The van der Waals surface area contributed by atoms with Crippen molar-refractivity contribution in [1.29, 1.82) is 0 Å². The van der Waals surface area contributed by atoms with Gasteiger partial charge < -0.3 is 15.3 Å². The van der Waals surface area contributed by atoms with Crippen molar-refractivity contribution in [3.05, 3.63) is 28.3 Å². The molecule has 1 aromatic rings. The molecule has 8 nitrogen and oxygen atoms in total. The quantitative estimate of drug-likeness (QED) is 0.448. The number of non-ortho nitro benzene ring substituents is 1. The number of nitro benzene ring substituents is 1. The van der Waals surface area contributed by atoms with E-state index < -0.39 is 20.8 Å². The van der Waals surface area contributed by atoms with Crippen LogP contribution in [0.1, 0.15) is 0 Å². The van der Waals surface area contributed by atoms with Crippen LogP contribution in [0.3, 0.4) is 0 Å². The molecule has 0 radical (unpaired) electrons. The molecular weight excluding hydrogens is 318 g/mol. The van der Waals surface area contributed by atoms with Crippen molar-refractivity contribution in [3.63, 3.8) is 0 Å². The molecule has 112 valence electrons. The molecule has 2 heterocycles. The third-order valence-corrected chi connectivity index (χ3v) is 5.64. The fraction of sp³-hybridized carbons (Fsp3) is 0.364. The molecule has 0 bridgehead atoms. The van der Waals surface area contributed by atoms with Crippen LogP contribution >= 0.6 is 12.2 Å². The van der Waals surface area contributed by atoms with E-state index in [4.69, 9.17) is 12.2 Å². The molecule has 21 heavy (non-hydrogen) atoms. The fourth-order valence-corrected chi connectivity index (χ4v) is 4.99. The third kappa shape index (κ3) is 2.29. The lowest BCUT2D eigenvalue weighted by atomic mass is 10.1. The predicted molar refractivity (Wildman–Crippen MR) is 79.2 cm³/mol. The number of nitro groups is 1. The second kappa shape index (κ2) is 4.53. The Bertz CT molecular complexity index is 748. The Balaban J connectivity index is 2.00. The molecule has 0 aliphatic carbocycles. The molecule has 2 aliphatic rings. The lowest BCUT2D eigenvalue weighted by Gasteiger charge is -2.23. The molecule has 0 amide bonds. The lowest BCUT2D eigenvalue weighted by molar-refractivity contribution is -0.384. The third-order valence-electron chi connectivity index (χ3n) is 3.61. The highest BCUT2D eigenvalue weighted by Crippen LogP contribution is 2.36. The van der Waals surface area contributed by atoms with E-state index in [1.165, 1.54) is 17.0 Å². The number of sulfone groups is 1. The number of fused-ring (bicyclic) bond motifs is 1. The molecule has 2 aliphatic heterocycles. The molecular formula is C11H11N3O5S2. The summed E-state index contributed by atoms with van der Waals surface area (Å²) in [6, 6.07) is 2.91. The Morgan fingerprint density at radius 3 is 2.76 bits per heavy atom. The van der Waals surface area contributed by atoms with Gasteiger partial charge in [0, 0.05) is 6.07 Å². The van der Waals surface area contributed by atoms with Crippen LogP contribution in [0.15, 0.2) is 18.2 Å². The van der Waals surface area contributed by atoms with Crippen molar-refractivity contribution in [2.45, 2.75) is 12.1 Å². The predicted octanol–water partition coefficient (Wildman–Crippen LogP) is 0.160. The molecule has 2 fully saturated rings. The van der Waals surface area contributed by atoms with Gasteiger partial charge in [0.2, 0.25) is 0 Å². The van der Waals surface area contributed by atoms with Gasteiger partial charge in [-0.1, -0.05) is 0 Å². The van der Waals surface area contributed by atoms with Crippen molar-refractivity contribution >= 4 is 38.5 Å². The minimum Gasteiger partial charge on any atom is -0.505 e. The summed E-state index contributed by atoms with van der Waals surface area (Å²) in [6.45, 7) is 0. The maximum Gasteiger partial charge on any atom is 0.273 e. The summed E-state index contributed by atoms with van der Waals surface area (Å²) >= 11 is 5.17. The minimum atomic E-state index is -3.16. The topological polar surface area (TPSA) is 113 Å². The van der Waals surface area contributed by atoms with Gasteiger partial charge in [-0.2, -0.15) is 0 Å². The number of thiocarbonyl (C=S) groups is 1. The number of nitrogens with one attached hydrogen (secondary N) is 1. The fourth-order valence-electron chi connectivity index (χ4n) is 2.72. The van der Waals surface area contributed by atoms with Gasteiger partial charge in [-0.3, -0.25) is 10.1 Å². The molecule has 2 saturated heterocycles. The molecule has 0 aromatic heterocycles. The highest BCUT2D eigenvalue weighted by Gasteiger charge is 2.48. The maximum absolute atomic E-state index is 11.7. The van der Waals surface area contributed by atoms with E-state index in [9.17, 15) is 23.6 Å². The number of aromatic hydroxyl groups is 1. The van der Waals surface area contributed by atoms with E-state index in [1.807, 2.05) is 0 Å². The van der Waals surface area contributed by atoms with E-state index in [0.717, 1.165) is 6.07 Å². The van der Waals surface area contributed by atoms with Gasteiger partial charge in [0.1, 0.15) is 5.75 Å². The van der Waals surface area contributed by atoms with Crippen LogP contribution < -0.4 is 10.2 Å². The Hall–Kier alpha value is -1.94. The van der Waals surface area contributed by atoms with E-state index in [2.05, 4.69) is 5.32 Å². The zero-order valence-electron chi connectivity index (χ0n) is 10.6. The van der Waals surface area contributed by atoms with E-state index in [0.29, 0.717) is 5.11 Å². The van der Waals surface area contributed by atoms with Crippen LogP contribution in [-0.2, 0) is 9.84 Å². The highest BCUT2D eigenvalue weighted by atomic mass is 32.2. The van der Waals surface area contributed by atoms with Crippen LogP contribution in [0.2, 0.25) is 0 Å². The molecule has 2 N–H and O–H groups in total. The Morgan fingerprint density at radius 2 is 2.14 bits per heavy atom. The largest absolute Gasteiger partial charge is 0.505 e. The second-order valence-corrected chi connectivity index (χ2v) is 7.54. The average Bonchev–Trinajstić information content (AvgIpc) is 2.80. The first-order valence-electron chi connectivity index (χ1n) is 6.06. The molecule has 3 rings (SSSR count). The second-order valence-electron chi connectivity index (χ2n) is 5.00. The number of rotatable bonds is 2. The Labute approximate surface area is 125 Å². The summed E-state index contributed by atoms with van der Waals surface area (Å²) in [5, 5.41) is 23.9. The van der Waals surface area contributed by atoms with Gasteiger partial charge in [-0.15, -0.1) is 0 Å². The molecule has 10 heteroatoms. The summed E-state index contributed by atoms with van der Waals surface area (Å²) in [6.07, 6.45) is 0. The maximum atomic E-state index is 11.7. The number of phenols is 1. The minimum absolute atomic E-state index is 0.0119. The van der Waals surface area contributed by atoms with Crippen LogP contribution in [0.4, 0.5) is 11.4 Å². The van der Waals surface area contributed by atoms with Gasteiger partial charge in [0.15, 0.2) is 14.9 Å². The number of anilines is 1. The number of hydrogen-bond donors (Lipinski definition) is 2. The zero-order chi connectivity index (χ0) is 15.4. The zero-order valence-corrected chi connectivity index (χ0v) is 12.2. The summed E-state index contributed by atoms with van der Waals surface area (Å²) in [7, 11) is -3.16. The van der Waals surface area contributed by atoms with Crippen molar-refractivity contribution in [2.24, 2.45) is 0 Å². The molecule has 0 spiro atoms. The normalized spacial score (nSPS) is 26.5. The van der Waals surface area contributed by atoms with Crippen LogP contribution in [0.5, 0.6) is 5.75 Å².